The lowest BCUT2D eigenvalue weighted by atomic mass is 9.85. The number of nitrogens with zero attached hydrogens (tertiary/aromatic N) is 6. The molecule has 0 aliphatic carbocycles. The van der Waals surface area contributed by atoms with Crippen LogP contribution < -0.4 is 19.7 Å². The number of imidazole rings is 1. The fourth-order valence-corrected chi connectivity index (χ4v) is 6.36. The van der Waals surface area contributed by atoms with Gasteiger partial charge in [-0.3, -0.25) is 4.79 Å². The van der Waals surface area contributed by atoms with Crippen LogP contribution in [0.3, 0.4) is 0 Å². The third-order valence-electron chi connectivity index (χ3n) is 8.79. The Morgan fingerprint density at radius 2 is 2.07 bits per heavy atom. The number of carbonyl (C=O) groups is 1. The zero-order chi connectivity index (χ0) is 30.2. The number of hydrogen-bond acceptors (Lipinski definition) is 9. The van der Waals surface area contributed by atoms with Crippen molar-refractivity contribution in [2.24, 2.45) is 18.9 Å². The summed E-state index contributed by atoms with van der Waals surface area (Å²) in [6, 6.07) is 13.8. The van der Waals surface area contributed by atoms with E-state index in [-0.39, 0.29) is 5.78 Å². The molecule has 2 unspecified atom stereocenters. The van der Waals surface area contributed by atoms with E-state index in [1.165, 1.54) is 6.08 Å². The van der Waals surface area contributed by atoms with Crippen molar-refractivity contribution in [3.63, 3.8) is 0 Å². The van der Waals surface area contributed by atoms with E-state index in [1.54, 1.807) is 12.7 Å². The summed E-state index contributed by atoms with van der Waals surface area (Å²) >= 11 is 0. The number of aromatic nitrogens is 5. The molecule has 10 heteroatoms. The number of nitrogens with one attached hydrogen (secondary N) is 1. The fourth-order valence-electron chi connectivity index (χ4n) is 6.36. The van der Waals surface area contributed by atoms with Gasteiger partial charge in [-0.25, -0.2) is 19.9 Å². The van der Waals surface area contributed by atoms with Gasteiger partial charge < -0.3 is 24.3 Å². The number of carbonyl (C=O) groups excluding carboxylic acids is 1. The highest BCUT2D eigenvalue weighted by Gasteiger charge is 2.33. The number of fused-ring (bicyclic) bond motifs is 6. The lowest BCUT2D eigenvalue weighted by Crippen LogP contribution is -2.31. The van der Waals surface area contributed by atoms with Gasteiger partial charge in [0.25, 0.3) is 0 Å². The lowest BCUT2D eigenvalue weighted by molar-refractivity contribution is -0.115. The first kappa shape index (κ1) is 27.8. The molecule has 2 bridgehead atoms. The predicted octanol–water partition coefficient (Wildman–Crippen LogP) is 6.52. The van der Waals surface area contributed by atoms with Crippen LogP contribution in [0.5, 0.6) is 17.2 Å². The molecule has 2 aliphatic rings. The zero-order valence-corrected chi connectivity index (χ0v) is 25.0. The Kier molecular flexibility index (Phi) is 7.33. The van der Waals surface area contributed by atoms with Crippen LogP contribution in [0.2, 0.25) is 0 Å². The van der Waals surface area contributed by atoms with Crippen molar-refractivity contribution in [2.45, 2.75) is 32.6 Å². The average Bonchev–Trinajstić information content (AvgIpc) is 3.17. The van der Waals surface area contributed by atoms with E-state index in [1.807, 2.05) is 61.0 Å². The molecule has 2 aromatic carbocycles. The summed E-state index contributed by atoms with van der Waals surface area (Å²) in [6.07, 6.45) is 8.29. The van der Waals surface area contributed by atoms with Crippen LogP contribution in [0.4, 0.5) is 17.3 Å². The molecule has 0 saturated carbocycles. The Labute approximate surface area is 255 Å². The summed E-state index contributed by atoms with van der Waals surface area (Å²) in [7, 11) is 1.98. The second-order valence-corrected chi connectivity index (χ2v) is 11.7. The molecule has 10 nitrogen and oxygen atoms in total. The van der Waals surface area contributed by atoms with Crippen molar-refractivity contribution in [1.29, 1.82) is 0 Å². The van der Waals surface area contributed by atoms with E-state index in [9.17, 15) is 4.79 Å². The van der Waals surface area contributed by atoms with E-state index in [4.69, 9.17) is 14.5 Å². The maximum Gasteiger partial charge on any atom is 0.172 e. The van der Waals surface area contributed by atoms with Crippen LogP contribution in [0, 0.1) is 18.8 Å². The summed E-state index contributed by atoms with van der Waals surface area (Å²) in [4.78, 5) is 32.8. The van der Waals surface area contributed by atoms with Gasteiger partial charge >= 0.3 is 0 Å². The fraction of sp³-hybridized carbons (Fsp3) is 0.324. The van der Waals surface area contributed by atoms with Crippen molar-refractivity contribution in [3.05, 3.63) is 73.3 Å². The van der Waals surface area contributed by atoms with Crippen LogP contribution in [0.1, 0.15) is 31.2 Å². The van der Waals surface area contributed by atoms with Gasteiger partial charge in [0.2, 0.25) is 0 Å². The van der Waals surface area contributed by atoms with E-state index < -0.39 is 0 Å². The third-order valence-corrected chi connectivity index (χ3v) is 8.79. The number of ketones is 1. The molecule has 0 spiro atoms. The molecule has 1 saturated heterocycles. The molecule has 3 aromatic heterocycles. The highest BCUT2D eigenvalue weighted by atomic mass is 16.5. The van der Waals surface area contributed by atoms with E-state index in [2.05, 4.69) is 31.7 Å². The van der Waals surface area contributed by atoms with E-state index in [0.29, 0.717) is 41.7 Å². The second-order valence-electron chi connectivity index (χ2n) is 11.7. The first-order chi connectivity index (χ1) is 21.4. The molecule has 2 aliphatic heterocycles. The zero-order valence-electron chi connectivity index (χ0n) is 25.0. The number of allylic oxidation sites excluding steroid dienone is 1. The topological polar surface area (TPSA) is 107 Å². The minimum atomic E-state index is 0.107. The molecule has 5 aromatic rings. The Balaban J connectivity index is 1.12. The van der Waals surface area contributed by atoms with Gasteiger partial charge in [-0.2, -0.15) is 0 Å². The highest BCUT2D eigenvalue weighted by molar-refractivity contribution is 5.90. The summed E-state index contributed by atoms with van der Waals surface area (Å²) < 4.78 is 14.5. The molecular weight excluding hydrogens is 554 g/mol. The molecular formula is C34H35N7O3. The van der Waals surface area contributed by atoms with Gasteiger partial charge in [0.05, 0.1) is 29.5 Å². The van der Waals surface area contributed by atoms with E-state index in [0.717, 1.165) is 77.7 Å². The van der Waals surface area contributed by atoms with Gasteiger partial charge in [0.15, 0.2) is 23.2 Å². The molecule has 44 heavy (non-hydrogen) atoms. The minimum Gasteiger partial charge on any atom is -0.489 e. The molecule has 224 valence electrons. The van der Waals surface area contributed by atoms with Crippen molar-refractivity contribution < 1.29 is 14.3 Å². The van der Waals surface area contributed by atoms with Crippen LogP contribution in [0.25, 0.3) is 22.1 Å². The number of anilines is 3. The van der Waals surface area contributed by atoms with E-state index >= 15 is 0 Å². The van der Waals surface area contributed by atoms with Crippen molar-refractivity contribution >= 4 is 45.2 Å². The lowest BCUT2D eigenvalue weighted by Gasteiger charge is -2.25. The van der Waals surface area contributed by atoms with Gasteiger partial charge in [0, 0.05) is 50.3 Å². The van der Waals surface area contributed by atoms with Gasteiger partial charge in [-0.1, -0.05) is 6.58 Å². The van der Waals surface area contributed by atoms with Crippen LogP contribution in [-0.4, -0.2) is 50.0 Å². The van der Waals surface area contributed by atoms with Crippen LogP contribution >= 0.6 is 0 Å². The van der Waals surface area contributed by atoms with Crippen LogP contribution in [-0.2, 0) is 11.8 Å². The SMILES string of the molecule is C=CC(=O)CCC1CCCN2CC1COc1cc3ncnc(Nc4ccc(Oc5ccc6c(c5)ncn6C)c(C)c4)c3nc12. The average molecular weight is 590 g/mol. The molecule has 5 heterocycles. The Morgan fingerprint density at radius 3 is 2.93 bits per heavy atom. The quantitative estimate of drug-likeness (QED) is 0.203. The molecule has 1 N–H and O–H groups in total. The maximum atomic E-state index is 11.9. The highest BCUT2D eigenvalue weighted by Crippen LogP contribution is 2.39. The first-order valence-electron chi connectivity index (χ1n) is 15.1. The van der Waals surface area contributed by atoms with Crippen molar-refractivity contribution in [1.82, 2.24) is 24.5 Å². The molecule has 0 amide bonds. The normalized spacial score (nSPS) is 17.8. The summed E-state index contributed by atoms with van der Waals surface area (Å²) in [6.45, 7) is 7.98. The molecule has 2 atom stereocenters. The third kappa shape index (κ3) is 5.43. The Hall–Kier alpha value is -4.99. The molecule has 1 fully saturated rings. The number of ether oxygens (including phenoxy) is 2. The molecule has 0 radical (unpaired) electrons. The number of pyridine rings is 1. The number of hydrogen-bond donors (Lipinski definition) is 1. The minimum absolute atomic E-state index is 0.107. The number of benzene rings is 2. The predicted molar refractivity (Wildman–Crippen MR) is 171 cm³/mol. The monoisotopic (exact) mass is 589 g/mol. The maximum absolute atomic E-state index is 11.9. The largest absolute Gasteiger partial charge is 0.489 e. The van der Waals surface area contributed by atoms with Crippen molar-refractivity contribution in [3.8, 4) is 17.2 Å². The summed E-state index contributed by atoms with van der Waals surface area (Å²) in [5, 5.41) is 3.45. The van der Waals surface area contributed by atoms with Crippen molar-refractivity contribution in [2.75, 3.05) is 29.9 Å². The molecule has 7 rings (SSSR count). The number of rotatable bonds is 8. The van der Waals surface area contributed by atoms with Gasteiger partial charge in [0.1, 0.15) is 23.3 Å². The first-order valence-corrected chi connectivity index (χ1v) is 15.1. The summed E-state index contributed by atoms with van der Waals surface area (Å²) in [5.41, 5.74) is 5.20. The van der Waals surface area contributed by atoms with Gasteiger partial charge in [-0.05, 0) is 74.1 Å². The van der Waals surface area contributed by atoms with Crippen LogP contribution in [0.15, 0.2) is 67.8 Å². The summed E-state index contributed by atoms with van der Waals surface area (Å²) in [5.74, 6) is 4.56. The second kappa shape index (κ2) is 11.6. The number of aryl methyl sites for hydroxylation is 2. The Morgan fingerprint density at radius 1 is 1.16 bits per heavy atom. The smallest absolute Gasteiger partial charge is 0.172 e. The van der Waals surface area contributed by atoms with Gasteiger partial charge in [-0.15, -0.1) is 0 Å². The Bertz CT molecular complexity index is 1880. The standard InChI is InChI=1S/C34H35N7O3/c1-4-25(42)9-7-22-6-5-13-41-17-23(22)18-43-31-16-28-32(39-34(31)41)33(36-19-35-28)38-24-8-12-30(21(2)14-24)44-26-10-11-29-27(15-26)37-20-40(29)3/h4,8,10-12,14-16,19-20,22-23H,1,5-7,9,13,17-18H2,2-3H3,(H,35,36,38).